The predicted molar refractivity (Wildman–Crippen MR) is 47.6 cm³/mol. The van der Waals surface area contributed by atoms with Crippen LogP contribution in [0.25, 0.3) is 0 Å². The Morgan fingerprint density at radius 2 is 2.25 bits per heavy atom. The maximum Gasteiger partial charge on any atom is 0.414 e. The highest BCUT2D eigenvalue weighted by Crippen LogP contribution is 2.12. The average molecular weight is 223 g/mol. The molecule has 0 aliphatic carbocycles. The van der Waals surface area contributed by atoms with E-state index in [1.54, 1.807) is 0 Å². The van der Waals surface area contributed by atoms with E-state index in [9.17, 15) is 14.9 Å². The Bertz CT molecular complexity index is 542. The van der Waals surface area contributed by atoms with Crippen LogP contribution in [-0.2, 0) is 0 Å². The van der Waals surface area contributed by atoms with E-state index in [4.69, 9.17) is 0 Å². The molecule has 0 saturated heterocycles. The quantitative estimate of drug-likeness (QED) is 0.476. The van der Waals surface area contributed by atoms with E-state index in [1.165, 1.54) is 19.3 Å². The van der Waals surface area contributed by atoms with Crippen molar-refractivity contribution in [1.82, 2.24) is 30.0 Å². The van der Waals surface area contributed by atoms with Crippen LogP contribution in [0.2, 0.25) is 0 Å². The first-order valence-corrected chi connectivity index (χ1v) is 4.09. The molecule has 10 heteroatoms. The van der Waals surface area contributed by atoms with Crippen molar-refractivity contribution in [3.8, 4) is 0 Å². The fraction of sp³-hybridized carbons (Fsp3) is 0.167. The molecule has 82 valence electrons. The molecule has 2 aromatic rings. The molecule has 0 N–H and O–H groups in total. The van der Waals surface area contributed by atoms with Gasteiger partial charge in [-0.2, -0.15) is 4.68 Å². The molecular weight excluding hydrogens is 218 g/mol. The number of hydrogen-bond acceptors (Lipinski definition) is 7. The molecule has 0 unspecified atom stereocenters. The summed E-state index contributed by atoms with van der Waals surface area (Å²) in [5.74, 6) is -0.464. The Balaban J connectivity index is 2.43. The van der Waals surface area contributed by atoms with Gasteiger partial charge in [-0.3, -0.25) is 0 Å². The van der Waals surface area contributed by atoms with Gasteiger partial charge >= 0.3 is 11.8 Å². The molecule has 0 atom stereocenters. The summed E-state index contributed by atoms with van der Waals surface area (Å²) in [5.41, 5.74) is 0.0329. The van der Waals surface area contributed by atoms with Gasteiger partial charge in [-0.15, -0.1) is 9.78 Å². The Morgan fingerprint density at radius 1 is 1.50 bits per heavy atom. The van der Waals surface area contributed by atoms with E-state index in [0.717, 1.165) is 9.36 Å². The zero-order chi connectivity index (χ0) is 11.7. The zero-order valence-electron chi connectivity index (χ0n) is 8.01. The third kappa shape index (κ3) is 1.41. The largest absolute Gasteiger partial charge is 0.414 e. The highest BCUT2D eigenvalue weighted by Gasteiger charge is 2.24. The number of nitrogens with zero attached hydrogens (tertiary/aromatic N) is 7. The molecule has 2 aromatic heterocycles. The predicted octanol–water partition coefficient (Wildman–Crippen LogP) is -0.397. The standard InChI is InChI=1S/C6H5N7O3/c1-4-5(13(15)16)8-10-12(4)6(14)11-3-2-7-9-11/h2-3H,1H3. The molecule has 0 aromatic carbocycles. The topological polar surface area (TPSA) is 122 Å². The normalized spacial score (nSPS) is 10.3. The minimum atomic E-state index is -0.715. The van der Waals surface area contributed by atoms with Crippen molar-refractivity contribution in [1.29, 1.82) is 0 Å². The van der Waals surface area contributed by atoms with E-state index in [2.05, 4.69) is 20.6 Å². The van der Waals surface area contributed by atoms with E-state index in [0.29, 0.717) is 0 Å². The Morgan fingerprint density at radius 3 is 2.75 bits per heavy atom. The van der Waals surface area contributed by atoms with Crippen molar-refractivity contribution in [3.05, 3.63) is 28.2 Å². The number of rotatable bonds is 1. The molecular formula is C6H5N7O3. The first-order valence-electron chi connectivity index (χ1n) is 4.09. The molecule has 0 fully saturated rings. The average Bonchev–Trinajstić information content (AvgIpc) is 2.84. The van der Waals surface area contributed by atoms with Crippen LogP contribution in [0.15, 0.2) is 12.4 Å². The molecule has 2 heterocycles. The maximum atomic E-state index is 11.7. The summed E-state index contributed by atoms with van der Waals surface area (Å²) in [7, 11) is 0. The SMILES string of the molecule is Cc1c([N+](=O)[O-])nnn1C(=O)n1ccnn1. The van der Waals surface area contributed by atoms with Crippen molar-refractivity contribution in [2.45, 2.75) is 6.92 Å². The first-order chi connectivity index (χ1) is 7.61. The highest BCUT2D eigenvalue weighted by molar-refractivity contribution is 5.78. The van der Waals surface area contributed by atoms with Crippen molar-refractivity contribution in [3.63, 3.8) is 0 Å². The lowest BCUT2D eigenvalue weighted by molar-refractivity contribution is -0.390. The summed E-state index contributed by atoms with van der Waals surface area (Å²) in [6.07, 6.45) is 2.61. The second kappa shape index (κ2) is 3.49. The van der Waals surface area contributed by atoms with E-state index in [-0.39, 0.29) is 5.69 Å². The van der Waals surface area contributed by atoms with Crippen LogP contribution in [0, 0.1) is 17.0 Å². The van der Waals surface area contributed by atoms with Gasteiger partial charge in [0.25, 0.3) is 0 Å². The summed E-state index contributed by atoms with van der Waals surface area (Å²) in [4.78, 5) is 21.4. The summed E-state index contributed by atoms with van der Waals surface area (Å²) < 4.78 is 1.68. The van der Waals surface area contributed by atoms with Gasteiger partial charge in [-0.1, -0.05) is 5.21 Å². The molecule has 0 saturated carbocycles. The van der Waals surface area contributed by atoms with Gasteiger partial charge in [0, 0.05) is 0 Å². The van der Waals surface area contributed by atoms with Crippen molar-refractivity contribution in [2.75, 3.05) is 0 Å². The lowest BCUT2D eigenvalue weighted by atomic mass is 10.5. The molecule has 0 radical (unpaired) electrons. The second-order valence-corrected chi connectivity index (χ2v) is 2.80. The van der Waals surface area contributed by atoms with Crippen LogP contribution >= 0.6 is 0 Å². The molecule has 0 aliphatic rings. The molecule has 16 heavy (non-hydrogen) atoms. The molecule has 0 spiro atoms. The summed E-state index contributed by atoms with van der Waals surface area (Å²) in [6, 6.07) is -0.685. The minimum absolute atomic E-state index is 0.0329. The number of hydrogen-bond donors (Lipinski definition) is 0. The highest BCUT2D eigenvalue weighted by atomic mass is 16.6. The third-order valence-corrected chi connectivity index (χ3v) is 1.84. The molecule has 0 amide bonds. The second-order valence-electron chi connectivity index (χ2n) is 2.80. The van der Waals surface area contributed by atoms with Crippen molar-refractivity contribution >= 4 is 11.8 Å². The van der Waals surface area contributed by atoms with Crippen LogP contribution in [-0.4, -0.2) is 40.9 Å². The number of nitro groups is 1. The van der Waals surface area contributed by atoms with Crippen LogP contribution < -0.4 is 0 Å². The van der Waals surface area contributed by atoms with E-state index >= 15 is 0 Å². The number of aromatic nitrogens is 6. The van der Waals surface area contributed by atoms with Crippen LogP contribution in [0.3, 0.4) is 0 Å². The van der Waals surface area contributed by atoms with Gasteiger partial charge < -0.3 is 10.1 Å². The maximum absolute atomic E-state index is 11.7. The third-order valence-electron chi connectivity index (χ3n) is 1.84. The Hall–Kier alpha value is -2.65. The van der Waals surface area contributed by atoms with Gasteiger partial charge in [0.05, 0.1) is 17.6 Å². The monoisotopic (exact) mass is 223 g/mol. The van der Waals surface area contributed by atoms with Gasteiger partial charge in [0.15, 0.2) is 0 Å². The van der Waals surface area contributed by atoms with Crippen LogP contribution in [0.4, 0.5) is 10.6 Å². The molecule has 2 rings (SSSR count). The van der Waals surface area contributed by atoms with E-state index in [1.807, 2.05) is 0 Å². The van der Waals surface area contributed by atoms with Crippen molar-refractivity contribution < 1.29 is 9.72 Å². The van der Waals surface area contributed by atoms with Gasteiger partial charge in [-0.25, -0.2) is 4.79 Å². The van der Waals surface area contributed by atoms with Gasteiger partial charge in [0.1, 0.15) is 10.8 Å². The molecule has 10 nitrogen and oxygen atoms in total. The molecule has 0 aliphatic heterocycles. The molecule has 0 bridgehead atoms. The first kappa shape index (κ1) is 9.89. The van der Waals surface area contributed by atoms with Crippen LogP contribution in [0.5, 0.6) is 0 Å². The minimum Gasteiger partial charge on any atom is -0.358 e. The van der Waals surface area contributed by atoms with E-state index < -0.39 is 16.8 Å². The van der Waals surface area contributed by atoms with Crippen molar-refractivity contribution in [2.24, 2.45) is 0 Å². The number of carbonyl (C=O) groups is 1. The zero-order valence-corrected chi connectivity index (χ0v) is 8.01. The Kier molecular flexibility index (Phi) is 2.16. The Labute approximate surface area is 87.6 Å². The van der Waals surface area contributed by atoms with Gasteiger partial charge in [-0.05, 0) is 11.8 Å². The smallest absolute Gasteiger partial charge is 0.358 e. The lowest BCUT2D eigenvalue weighted by Crippen LogP contribution is -2.22. The fourth-order valence-electron chi connectivity index (χ4n) is 1.08. The number of carbonyl (C=O) groups excluding carboxylic acids is 1. The summed E-state index contributed by atoms with van der Waals surface area (Å²) in [6.45, 7) is 1.37. The van der Waals surface area contributed by atoms with Crippen LogP contribution in [0.1, 0.15) is 5.69 Å². The fourth-order valence-corrected chi connectivity index (χ4v) is 1.08. The summed E-state index contributed by atoms with van der Waals surface area (Å²) in [5, 5.41) is 24.0. The van der Waals surface area contributed by atoms with Gasteiger partial charge in [0.2, 0.25) is 0 Å². The summed E-state index contributed by atoms with van der Waals surface area (Å²) >= 11 is 0. The lowest BCUT2D eigenvalue weighted by Gasteiger charge is -1.97.